The maximum absolute atomic E-state index is 14.1. The van der Waals surface area contributed by atoms with E-state index in [9.17, 15) is 29.3 Å². The van der Waals surface area contributed by atoms with Gasteiger partial charge in [-0.1, -0.05) is 29.0 Å². The second-order valence-corrected chi connectivity index (χ2v) is 15.4. The van der Waals surface area contributed by atoms with E-state index in [0.717, 1.165) is 26.8 Å². The van der Waals surface area contributed by atoms with E-state index in [0.29, 0.717) is 40.9 Å². The van der Waals surface area contributed by atoms with Crippen molar-refractivity contribution in [3.63, 3.8) is 0 Å². The summed E-state index contributed by atoms with van der Waals surface area (Å²) in [6.07, 6.45) is 0.709. The number of benzene rings is 3. The molecular formula is C35H29ClN4O8S2. The molecule has 2 N–H and O–H groups in total. The van der Waals surface area contributed by atoms with Gasteiger partial charge in [0, 0.05) is 38.9 Å². The van der Waals surface area contributed by atoms with Crippen LogP contribution in [0, 0.1) is 39.7 Å². The third-order valence-electron chi connectivity index (χ3n) is 10.2. The summed E-state index contributed by atoms with van der Waals surface area (Å²) in [5.74, 6) is -1.64. The molecule has 2 aliphatic carbocycles. The van der Waals surface area contributed by atoms with Gasteiger partial charge in [-0.2, -0.15) is 0 Å². The van der Waals surface area contributed by atoms with Crippen molar-refractivity contribution >= 4 is 69.5 Å². The number of imide groups is 1. The number of nitro benzene ring substituents is 1. The van der Waals surface area contributed by atoms with Crippen molar-refractivity contribution in [3.8, 4) is 11.5 Å². The molecule has 4 aromatic rings. The maximum Gasteiger partial charge on any atom is 0.305 e. The fourth-order valence-electron chi connectivity index (χ4n) is 8.35. The van der Waals surface area contributed by atoms with E-state index in [1.807, 2.05) is 19.1 Å². The van der Waals surface area contributed by atoms with Gasteiger partial charge in [0.2, 0.25) is 11.8 Å². The third kappa shape index (κ3) is 5.37. The van der Waals surface area contributed by atoms with Gasteiger partial charge < -0.3 is 19.8 Å². The number of non-ortho nitro benzene ring substituents is 1. The number of hydrogen-bond acceptors (Lipinski definition) is 10. The molecule has 1 saturated heterocycles. The Morgan fingerprint density at radius 2 is 1.72 bits per heavy atom. The zero-order chi connectivity index (χ0) is 34.8. The largest absolute Gasteiger partial charge is 0.490 e. The molecule has 2 aliphatic heterocycles. The molecule has 3 heterocycles. The molecule has 8 rings (SSSR count). The van der Waals surface area contributed by atoms with E-state index in [-0.39, 0.29) is 63.8 Å². The van der Waals surface area contributed by atoms with Gasteiger partial charge in [0.1, 0.15) is 0 Å². The Morgan fingerprint density at radius 1 is 1.00 bits per heavy atom. The zero-order valence-electron chi connectivity index (χ0n) is 26.4. The predicted octanol–water partition coefficient (Wildman–Crippen LogP) is 6.09. The Hall–Kier alpha value is -4.66. The minimum absolute atomic E-state index is 0.0272. The minimum atomic E-state index is -0.530. The smallest absolute Gasteiger partial charge is 0.305 e. The highest BCUT2D eigenvalue weighted by Gasteiger charge is 2.69. The fourth-order valence-corrected chi connectivity index (χ4v) is 11.4. The average Bonchev–Trinajstić information content (AvgIpc) is 3.84. The summed E-state index contributed by atoms with van der Waals surface area (Å²) in [5, 5.41) is 15.3. The first kappa shape index (κ1) is 32.5. The molecule has 256 valence electrons. The van der Waals surface area contributed by atoms with Gasteiger partial charge in [-0.3, -0.25) is 34.2 Å². The van der Waals surface area contributed by atoms with Gasteiger partial charge in [-0.05, 0) is 85.2 Å². The van der Waals surface area contributed by atoms with E-state index in [2.05, 4.69) is 10.3 Å². The summed E-state index contributed by atoms with van der Waals surface area (Å²) < 4.78 is 11.9. The van der Waals surface area contributed by atoms with Gasteiger partial charge >= 0.3 is 4.87 Å². The Kier molecular flexibility index (Phi) is 8.19. The first-order chi connectivity index (χ1) is 24.1. The molecular weight excluding hydrogens is 704 g/mol. The molecule has 3 fully saturated rings. The van der Waals surface area contributed by atoms with Crippen LogP contribution in [0.4, 0.5) is 17.1 Å². The number of ether oxygens (including phenoxy) is 2. The highest BCUT2D eigenvalue weighted by Crippen LogP contribution is 2.68. The molecule has 4 unspecified atom stereocenters. The number of anilines is 2. The van der Waals surface area contributed by atoms with Crippen molar-refractivity contribution in [1.82, 2.24) is 4.98 Å². The number of nitrogens with zero attached hydrogens (tertiary/aromatic N) is 2. The van der Waals surface area contributed by atoms with E-state index in [4.69, 9.17) is 21.1 Å². The Morgan fingerprint density at radius 3 is 2.42 bits per heavy atom. The predicted molar refractivity (Wildman–Crippen MR) is 187 cm³/mol. The number of hydrogen-bond donors (Lipinski definition) is 2. The van der Waals surface area contributed by atoms with Crippen LogP contribution in [0.1, 0.15) is 29.7 Å². The minimum Gasteiger partial charge on any atom is -0.490 e. The normalized spacial score (nSPS) is 26.0. The van der Waals surface area contributed by atoms with Gasteiger partial charge in [0.05, 0.1) is 34.1 Å². The summed E-state index contributed by atoms with van der Waals surface area (Å²) in [6, 6.07) is 17.8. The van der Waals surface area contributed by atoms with Crippen LogP contribution < -0.4 is 24.6 Å². The molecule has 3 amide bonds. The van der Waals surface area contributed by atoms with Gasteiger partial charge in [0.15, 0.2) is 18.1 Å². The van der Waals surface area contributed by atoms with Crippen molar-refractivity contribution < 1.29 is 28.8 Å². The fraction of sp³-hybridized carbons (Fsp3) is 0.314. The topological polar surface area (TPSA) is 161 Å². The van der Waals surface area contributed by atoms with E-state index < -0.39 is 16.8 Å². The molecule has 15 heteroatoms. The van der Waals surface area contributed by atoms with Gasteiger partial charge in [-0.15, -0.1) is 11.8 Å². The Labute approximate surface area is 298 Å². The molecule has 2 saturated carbocycles. The number of carbonyl (C=O) groups excluding carboxylic acids is 3. The summed E-state index contributed by atoms with van der Waals surface area (Å²) >= 11 is 8.68. The van der Waals surface area contributed by atoms with Crippen LogP contribution in [0.2, 0.25) is 5.02 Å². The monoisotopic (exact) mass is 732 g/mol. The van der Waals surface area contributed by atoms with Crippen molar-refractivity contribution in [3.05, 3.63) is 102 Å². The number of nitro groups is 1. The Bertz CT molecular complexity index is 2100. The molecule has 1 aromatic heterocycles. The van der Waals surface area contributed by atoms with Crippen molar-refractivity contribution in [2.24, 2.45) is 29.6 Å². The average molecular weight is 733 g/mol. The number of H-pyrrole nitrogens is 1. The van der Waals surface area contributed by atoms with E-state index in [1.165, 1.54) is 29.2 Å². The molecule has 7 atom stereocenters. The molecule has 0 radical (unpaired) electrons. The number of thioether (sulfide) groups is 1. The summed E-state index contributed by atoms with van der Waals surface area (Å²) in [7, 11) is 0. The lowest BCUT2D eigenvalue weighted by molar-refractivity contribution is -0.384. The number of carbonyl (C=O) groups is 3. The molecule has 3 aromatic carbocycles. The van der Waals surface area contributed by atoms with Crippen LogP contribution in [0.25, 0.3) is 0 Å². The number of amides is 3. The highest BCUT2D eigenvalue weighted by atomic mass is 35.5. The van der Waals surface area contributed by atoms with Gasteiger partial charge in [-0.25, -0.2) is 0 Å². The number of rotatable bonds is 9. The van der Waals surface area contributed by atoms with Crippen LogP contribution >= 0.6 is 34.7 Å². The van der Waals surface area contributed by atoms with Gasteiger partial charge in [0.25, 0.3) is 11.6 Å². The summed E-state index contributed by atoms with van der Waals surface area (Å²) in [4.78, 5) is 68.9. The maximum atomic E-state index is 14.1. The first-order valence-corrected chi connectivity index (χ1v) is 18.2. The van der Waals surface area contributed by atoms with Crippen molar-refractivity contribution in [2.75, 3.05) is 23.4 Å². The van der Waals surface area contributed by atoms with E-state index in [1.54, 1.807) is 42.1 Å². The SMILES string of the molecule is CCOc1cc([C@H]2c3sc(=O)[nH]c3SC3C2[C@H]2C[C@@H]3C3C(=O)N(c4ccc([N+](=O)[O-])cc4)C(=O)C32)ccc1OCC(=O)Nc1ccc(Cl)cc1. The second kappa shape index (κ2) is 12.6. The molecule has 0 spiro atoms. The number of fused-ring (bicyclic) bond motifs is 9. The lowest BCUT2D eigenvalue weighted by Crippen LogP contribution is -2.42. The van der Waals surface area contributed by atoms with Crippen LogP contribution in [0.15, 0.2) is 76.6 Å². The number of aromatic nitrogens is 1. The molecule has 12 nitrogen and oxygen atoms in total. The van der Waals surface area contributed by atoms with Crippen LogP contribution in [0.3, 0.4) is 0 Å². The van der Waals surface area contributed by atoms with E-state index >= 15 is 0 Å². The number of nitrogens with one attached hydrogen (secondary N) is 2. The Balaban J connectivity index is 1.09. The van der Waals surface area contributed by atoms with Crippen molar-refractivity contribution in [2.45, 2.75) is 29.5 Å². The molecule has 4 aliphatic rings. The number of aromatic amines is 1. The zero-order valence-corrected chi connectivity index (χ0v) is 28.8. The number of halogens is 1. The summed E-state index contributed by atoms with van der Waals surface area (Å²) in [6.45, 7) is 1.93. The van der Waals surface area contributed by atoms with Crippen LogP contribution in [-0.4, -0.2) is 46.1 Å². The quantitative estimate of drug-likeness (QED) is 0.118. The van der Waals surface area contributed by atoms with Crippen LogP contribution in [-0.2, 0) is 14.4 Å². The molecule has 2 bridgehead atoms. The highest BCUT2D eigenvalue weighted by molar-refractivity contribution is 8.00. The van der Waals surface area contributed by atoms with Crippen molar-refractivity contribution in [1.29, 1.82) is 0 Å². The third-order valence-corrected chi connectivity index (χ3v) is 13.0. The molecule has 50 heavy (non-hydrogen) atoms. The number of thiazole rings is 1. The standard InChI is InChI=1S/C35H29ClN4O8S2/c1-2-47-24-13-16(3-12-23(24)48-15-25(41)37-18-6-4-17(36)5-7-18)26-27-21-14-22(30(27)49-32-31(26)50-35(44)38-32)29-28(21)33(42)39(34(29)43)19-8-10-20(11-9-19)40(45)46/h3-13,21-22,26-30H,2,14-15H2,1H3,(H,37,41)(H,38,44)/t21-,22-,26-,27?,28?,29?,30?/m1/s1. The lowest BCUT2D eigenvalue weighted by atomic mass is 9.68. The lowest BCUT2D eigenvalue weighted by Gasteiger charge is -2.43. The second-order valence-electron chi connectivity index (χ2n) is 12.7. The first-order valence-electron chi connectivity index (χ1n) is 16.1. The summed E-state index contributed by atoms with van der Waals surface area (Å²) in [5.41, 5.74) is 1.67. The van der Waals surface area contributed by atoms with Crippen LogP contribution in [0.5, 0.6) is 11.5 Å².